The summed E-state index contributed by atoms with van der Waals surface area (Å²) in [6, 6.07) is 9.12. The third kappa shape index (κ3) is 2.78. The molecule has 0 spiro atoms. The Balaban J connectivity index is 1.64. The Bertz CT molecular complexity index is 903. The van der Waals surface area contributed by atoms with Crippen LogP contribution in [0.15, 0.2) is 41.0 Å². The van der Waals surface area contributed by atoms with Crippen LogP contribution in [0, 0.1) is 0 Å². The number of amides is 1. The van der Waals surface area contributed by atoms with E-state index in [1.165, 1.54) is 5.56 Å². The van der Waals surface area contributed by atoms with Crippen LogP contribution < -0.4 is 5.32 Å². The van der Waals surface area contributed by atoms with Gasteiger partial charge in [0.15, 0.2) is 0 Å². The van der Waals surface area contributed by atoms with E-state index in [-0.39, 0.29) is 5.91 Å². The van der Waals surface area contributed by atoms with Crippen molar-refractivity contribution in [1.29, 1.82) is 0 Å². The minimum atomic E-state index is -0.149. The molecule has 4 rings (SSSR count). The lowest BCUT2D eigenvalue weighted by molar-refractivity contribution is 0.0948. The van der Waals surface area contributed by atoms with Gasteiger partial charge in [-0.2, -0.15) is 0 Å². The summed E-state index contributed by atoms with van der Waals surface area (Å²) in [7, 11) is 0. The summed E-state index contributed by atoms with van der Waals surface area (Å²) >= 11 is 6.57. The van der Waals surface area contributed by atoms with E-state index in [0.717, 1.165) is 53.1 Å². The van der Waals surface area contributed by atoms with Crippen LogP contribution in [0.1, 0.15) is 40.2 Å². The van der Waals surface area contributed by atoms with Crippen molar-refractivity contribution >= 4 is 28.4 Å². The van der Waals surface area contributed by atoms with E-state index < -0.39 is 0 Å². The Morgan fingerprint density at radius 3 is 2.96 bits per heavy atom. The fourth-order valence-electron chi connectivity index (χ4n) is 3.19. The number of fused-ring (bicyclic) bond motifs is 2. The summed E-state index contributed by atoms with van der Waals surface area (Å²) in [5.74, 6) is 0.573. The summed E-state index contributed by atoms with van der Waals surface area (Å²) in [5, 5.41) is 4.56. The molecule has 1 aliphatic carbocycles. The van der Waals surface area contributed by atoms with Gasteiger partial charge in [0.1, 0.15) is 5.76 Å². The van der Waals surface area contributed by atoms with E-state index in [1.807, 2.05) is 18.2 Å². The predicted molar refractivity (Wildman–Crippen MR) is 93.3 cm³/mol. The normalized spacial score (nSPS) is 13.7. The van der Waals surface area contributed by atoms with Crippen molar-refractivity contribution in [3.05, 3.63) is 64.2 Å². The van der Waals surface area contributed by atoms with Crippen LogP contribution in [-0.4, -0.2) is 10.9 Å². The van der Waals surface area contributed by atoms with E-state index in [0.29, 0.717) is 12.1 Å². The Morgan fingerprint density at radius 2 is 2.12 bits per heavy atom. The molecule has 0 bridgehead atoms. The number of pyridine rings is 1. The number of furan rings is 1. The highest BCUT2D eigenvalue weighted by Crippen LogP contribution is 2.33. The highest BCUT2D eigenvalue weighted by atomic mass is 35.5. The highest BCUT2D eigenvalue weighted by molar-refractivity contribution is 6.36. The number of nitrogens with zero attached hydrogens (tertiary/aromatic N) is 1. The number of rotatable bonds is 3. The third-order valence-electron chi connectivity index (χ3n) is 4.46. The van der Waals surface area contributed by atoms with E-state index >= 15 is 0 Å². The molecule has 3 aromatic rings. The fourth-order valence-corrected chi connectivity index (χ4v) is 3.55. The molecule has 1 aliphatic rings. The van der Waals surface area contributed by atoms with Crippen molar-refractivity contribution in [2.75, 3.05) is 0 Å². The van der Waals surface area contributed by atoms with Gasteiger partial charge in [0, 0.05) is 16.6 Å². The molecule has 0 saturated carbocycles. The third-order valence-corrected chi connectivity index (χ3v) is 4.89. The number of carbonyl (C=O) groups excluding carboxylic acids is 1. The number of hydrogen-bond acceptors (Lipinski definition) is 3. The maximum atomic E-state index is 12.3. The van der Waals surface area contributed by atoms with Crippen LogP contribution in [0.4, 0.5) is 0 Å². The molecule has 2 aromatic heterocycles. The standard InChI is InChI=1S/C19H17ClN2O2/c20-18-14-5-1-2-6-16(14)22-17-10-12(7-8-15(17)18)19(23)21-11-13-4-3-9-24-13/h3-4,7-10H,1-2,5-6,11H2,(H,21,23). The van der Waals surface area contributed by atoms with Gasteiger partial charge in [0.25, 0.3) is 5.91 Å². The quantitative estimate of drug-likeness (QED) is 0.773. The average molecular weight is 341 g/mol. The molecule has 0 atom stereocenters. The lowest BCUT2D eigenvalue weighted by atomic mass is 9.94. The van der Waals surface area contributed by atoms with Gasteiger partial charge in [0.05, 0.1) is 23.3 Å². The molecule has 1 aromatic carbocycles. The lowest BCUT2D eigenvalue weighted by Crippen LogP contribution is -2.22. The molecule has 122 valence electrons. The zero-order valence-electron chi connectivity index (χ0n) is 13.1. The molecule has 1 N–H and O–H groups in total. The number of aryl methyl sites for hydroxylation is 1. The Kier molecular flexibility index (Phi) is 3.98. The first kappa shape index (κ1) is 15.2. The van der Waals surface area contributed by atoms with Crippen molar-refractivity contribution in [2.24, 2.45) is 0 Å². The summed E-state index contributed by atoms with van der Waals surface area (Å²) in [6.45, 7) is 0.363. The van der Waals surface area contributed by atoms with Crippen LogP contribution in [0.25, 0.3) is 10.9 Å². The minimum absolute atomic E-state index is 0.149. The van der Waals surface area contributed by atoms with Crippen LogP contribution in [0.2, 0.25) is 5.02 Å². The van der Waals surface area contributed by atoms with Gasteiger partial charge in [-0.25, -0.2) is 0 Å². The molecular formula is C19H17ClN2O2. The van der Waals surface area contributed by atoms with Crippen molar-refractivity contribution in [1.82, 2.24) is 10.3 Å². The first-order valence-electron chi connectivity index (χ1n) is 8.14. The van der Waals surface area contributed by atoms with Crippen LogP contribution in [-0.2, 0) is 19.4 Å². The van der Waals surface area contributed by atoms with Crippen molar-refractivity contribution in [2.45, 2.75) is 32.2 Å². The molecule has 24 heavy (non-hydrogen) atoms. The topological polar surface area (TPSA) is 55.1 Å². The summed E-state index contributed by atoms with van der Waals surface area (Å²) in [4.78, 5) is 17.1. The summed E-state index contributed by atoms with van der Waals surface area (Å²) in [5.41, 5.74) is 3.61. The number of nitrogens with one attached hydrogen (secondary N) is 1. The maximum absolute atomic E-state index is 12.3. The van der Waals surface area contributed by atoms with Crippen molar-refractivity contribution in [3.8, 4) is 0 Å². The van der Waals surface area contributed by atoms with Crippen molar-refractivity contribution < 1.29 is 9.21 Å². The zero-order valence-corrected chi connectivity index (χ0v) is 13.9. The molecule has 5 heteroatoms. The molecule has 1 amide bonds. The Labute approximate surface area is 144 Å². The molecule has 0 unspecified atom stereocenters. The first-order chi connectivity index (χ1) is 11.7. The predicted octanol–water partition coefficient (Wildman–Crippen LogP) is 4.29. The SMILES string of the molecule is O=C(NCc1ccco1)c1ccc2c(Cl)c3c(nc2c1)CCCC3. The first-order valence-corrected chi connectivity index (χ1v) is 8.52. The van der Waals surface area contributed by atoms with Gasteiger partial charge in [0.2, 0.25) is 0 Å². The van der Waals surface area contributed by atoms with Gasteiger partial charge in [-0.15, -0.1) is 0 Å². The zero-order chi connectivity index (χ0) is 16.5. The summed E-state index contributed by atoms with van der Waals surface area (Å²) in [6.07, 6.45) is 5.84. The smallest absolute Gasteiger partial charge is 0.251 e. The van der Waals surface area contributed by atoms with Crippen LogP contribution in [0.3, 0.4) is 0 Å². The fraction of sp³-hybridized carbons (Fsp3) is 0.263. The average Bonchev–Trinajstić information content (AvgIpc) is 3.13. The Hall–Kier alpha value is -2.33. The van der Waals surface area contributed by atoms with Gasteiger partial charge < -0.3 is 9.73 Å². The second-order valence-electron chi connectivity index (χ2n) is 6.05. The lowest BCUT2D eigenvalue weighted by Gasteiger charge is -2.18. The van der Waals surface area contributed by atoms with E-state index in [9.17, 15) is 4.79 Å². The molecule has 0 fully saturated rings. The van der Waals surface area contributed by atoms with E-state index in [1.54, 1.807) is 18.4 Å². The maximum Gasteiger partial charge on any atom is 0.251 e. The second kappa shape index (κ2) is 6.29. The molecule has 0 radical (unpaired) electrons. The largest absolute Gasteiger partial charge is 0.467 e. The minimum Gasteiger partial charge on any atom is -0.467 e. The van der Waals surface area contributed by atoms with Gasteiger partial charge in [-0.3, -0.25) is 9.78 Å². The summed E-state index contributed by atoms with van der Waals surface area (Å²) < 4.78 is 5.22. The van der Waals surface area contributed by atoms with E-state index in [2.05, 4.69) is 5.32 Å². The Morgan fingerprint density at radius 1 is 1.25 bits per heavy atom. The van der Waals surface area contributed by atoms with Crippen molar-refractivity contribution in [3.63, 3.8) is 0 Å². The van der Waals surface area contributed by atoms with Crippen LogP contribution >= 0.6 is 11.6 Å². The molecular weight excluding hydrogens is 324 g/mol. The monoisotopic (exact) mass is 340 g/mol. The van der Waals surface area contributed by atoms with Crippen LogP contribution in [0.5, 0.6) is 0 Å². The van der Waals surface area contributed by atoms with Gasteiger partial charge >= 0.3 is 0 Å². The number of aromatic nitrogens is 1. The molecule has 2 heterocycles. The molecule has 0 aliphatic heterocycles. The van der Waals surface area contributed by atoms with Gasteiger partial charge in [-0.05, 0) is 55.5 Å². The highest BCUT2D eigenvalue weighted by Gasteiger charge is 2.18. The number of halogens is 1. The number of hydrogen-bond donors (Lipinski definition) is 1. The van der Waals surface area contributed by atoms with E-state index in [4.69, 9.17) is 21.0 Å². The molecule has 4 nitrogen and oxygen atoms in total. The van der Waals surface area contributed by atoms with Gasteiger partial charge in [-0.1, -0.05) is 17.7 Å². The second-order valence-corrected chi connectivity index (χ2v) is 6.43. The molecule has 0 saturated heterocycles. The number of benzene rings is 1. The number of carbonyl (C=O) groups is 1.